The molecule has 0 radical (unpaired) electrons. The Bertz CT molecular complexity index is 675. The first-order valence-corrected chi connectivity index (χ1v) is 7.93. The number of nitrogens with zero attached hydrogens (tertiary/aromatic N) is 2. The molecule has 1 aromatic heterocycles. The van der Waals surface area contributed by atoms with Crippen molar-refractivity contribution in [3.8, 4) is 0 Å². The summed E-state index contributed by atoms with van der Waals surface area (Å²) in [5, 5.41) is 17.5. The van der Waals surface area contributed by atoms with E-state index in [-0.39, 0.29) is 18.3 Å². The van der Waals surface area contributed by atoms with Crippen LogP contribution in [-0.2, 0) is 17.9 Å². The van der Waals surface area contributed by atoms with E-state index in [9.17, 15) is 14.3 Å². The molecule has 0 spiro atoms. The normalized spacial score (nSPS) is 21.2. The molecule has 1 atom stereocenters. The number of halogens is 1. The average Bonchev–Trinajstić information content (AvgIpc) is 3.07. The van der Waals surface area contributed by atoms with Crippen LogP contribution in [0.3, 0.4) is 0 Å². The molecular weight excluding hydrogens is 313 g/mol. The van der Waals surface area contributed by atoms with E-state index in [1.54, 1.807) is 23.1 Å². The first kappa shape index (κ1) is 16.6. The number of piperidine rings is 1. The number of benzene rings is 1. The maximum atomic E-state index is 13.0. The summed E-state index contributed by atoms with van der Waals surface area (Å²) in [6.45, 7) is 1.52. The Morgan fingerprint density at radius 1 is 1.33 bits per heavy atom. The molecule has 2 N–H and O–H groups in total. The fourth-order valence-electron chi connectivity index (χ4n) is 2.92. The van der Waals surface area contributed by atoms with Gasteiger partial charge in [-0.1, -0.05) is 17.3 Å². The lowest BCUT2D eigenvalue weighted by atomic mass is 9.91. The molecule has 2 heterocycles. The van der Waals surface area contributed by atoms with Crippen LogP contribution in [0, 0.1) is 5.82 Å². The summed E-state index contributed by atoms with van der Waals surface area (Å²) < 4.78 is 17.7. The van der Waals surface area contributed by atoms with E-state index >= 15 is 0 Å². The zero-order chi connectivity index (χ0) is 17.0. The summed E-state index contributed by atoms with van der Waals surface area (Å²) in [7, 11) is 0. The molecule has 6 nitrogen and oxygen atoms in total. The van der Waals surface area contributed by atoms with Crippen molar-refractivity contribution in [2.75, 3.05) is 13.1 Å². The third kappa shape index (κ3) is 3.80. The van der Waals surface area contributed by atoms with Gasteiger partial charge in [0.15, 0.2) is 5.60 Å². The van der Waals surface area contributed by atoms with Gasteiger partial charge in [-0.05, 0) is 30.5 Å². The van der Waals surface area contributed by atoms with Crippen molar-refractivity contribution in [3.05, 3.63) is 53.7 Å². The second-order valence-electron chi connectivity index (χ2n) is 6.08. The number of hydrogen-bond acceptors (Lipinski definition) is 5. The Morgan fingerprint density at radius 3 is 2.83 bits per heavy atom. The van der Waals surface area contributed by atoms with Gasteiger partial charge in [-0.15, -0.1) is 0 Å². The minimum Gasteiger partial charge on any atom is -0.379 e. The molecule has 24 heavy (non-hydrogen) atoms. The average molecular weight is 333 g/mol. The number of hydrogen-bond donors (Lipinski definition) is 2. The Labute approximate surface area is 139 Å². The van der Waals surface area contributed by atoms with Gasteiger partial charge in [-0.2, -0.15) is 0 Å². The van der Waals surface area contributed by atoms with Gasteiger partial charge in [0.25, 0.3) is 5.91 Å². The SMILES string of the molecule is O=C1N(Cc2ccc(F)cc2)CCC[C@]1(O)CNCc1ccon1. The minimum absolute atomic E-state index is 0.151. The number of carbonyl (C=O) groups is 1. The summed E-state index contributed by atoms with van der Waals surface area (Å²) in [5.41, 5.74) is 0.122. The highest BCUT2D eigenvalue weighted by Gasteiger charge is 2.41. The van der Waals surface area contributed by atoms with Gasteiger partial charge in [-0.3, -0.25) is 4.79 Å². The highest BCUT2D eigenvalue weighted by atomic mass is 19.1. The van der Waals surface area contributed by atoms with Crippen LogP contribution in [0.15, 0.2) is 41.1 Å². The molecule has 0 bridgehead atoms. The molecule has 1 fully saturated rings. The predicted molar refractivity (Wildman–Crippen MR) is 84.2 cm³/mol. The lowest BCUT2D eigenvalue weighted by Crippen LogP contribution is -2.57. The van der Waals surface area contributed by atoms with Crippen LogP contribution in [-0.4, -0.2) is 39.8 Å². The van der Waals surface area contributed by atoms with Crippen molar-refractivity contribution in [2.45, 2.75) is 31.5 Å². The molecule has 0 aliphatic carbocycles. The molecular formula is C17H20FN3O3. The van der Waals surface area contributed by atoms with Crippen molar-refractivity contribution in [1.82, 2.24) is 15.4 Å². The first-order valence-electron chi connectivity index (χ1n) is 7.93. The van der Waals surface area contributed by atoms with Gasteiger partial charge in [-0.25, -0.2) is 4.39 Å². The maximum Gasteiger partial charge on any atom is 0.256 e. The largest absolute Gasteiger partial charge is 0.379 e. The zero-order valence-electron chi connectivity index (χ0n) is 13.2. The van der Waals surface area contributed by atoms with Crippen molar-refractivity contribution in [3.63, 3.8) is 0 Å². The van der Waals surface area contributed by atoms with Crippen molar-refractivity contribution < 1.29 is 18.8 Å². The van der Waals surface area contributed by atoms with Gasteiger partial charge in [0.05, 0.1) is 5.69 Å². The molecule has 2 aromatic rings. The number of amides is 1. The highest BCUT2D eigenvalue weighted by molar-refractivity contribution is 5.86. The van der Waals surface area contributed by atoms with Gasteiger partial charge >= 0.3 is 0 Å². The molecule has 0 unspecified atom stereocenters. The minimum atomic E-state index is -1.43. The smallest absolute Gasteiger partial charge is 0.256 e. The Kier molecular flexibility index (Phi) is 4.92. The van der Waals surface area contributed by atoms with Crippen LogP contribution >= 0.6 is 0 Å². The van der Waals surface area contributed by atoms with E-state index in [0.717, 1.165) is 12.0 Å². The van der Waals surface area contributed by atoms with Gasteiger partial charge in [0.1, 0.15) is 12.1 Å². The molecule has 1 saturated heterocycles. The lowest BCUT2D eigenvalue weighted by molar-refractivity contribution is -0.157. The zero-order valence-corrected chi connectivity index (χ0v) is 13.2. The van der Waals surface area contributed by atoms with E-state index < -0.39 is 5.60 Å². The number of aliphatic hydroxyl groups is 1. The van der Waals surface area contributed by atoms with Crippen LogP contribution in [0.4, 0.5) is 4.39 Å². The van der Waals surface area contributed by atoms with Gasteiger partial charge < -0.3 is 19.8 Å². The topological polar surface area (TPSA) is 78.6 Å². The summed E-state index contributed by atoms with van der Waals surface area (Å²) in [5.74, 6) is -0.608. The highest BCUT2D eigenvalue weighted by Crippen LogP contribution is 2.24. The van der Waals surface area contributed by atoms with E-state index in [2.05, 4.69) is 10.5 Å². The van der Waals surface area contributed by atoms with Crippen molar-refractivity contribution in [2.24, 2.45) is 0 Å². The van der Waals surface area contributed by atoms with Crippen LogP contribution in [0.2, 0.25) is 0 Å². The van der Waals surface area contributed by atoms with Gasteiger partial charge in [0.2, 0.25) is 0 Å². The van der Waals surface area contributed by atoms with E-state index in [1.165, 1.54) is 18.4 Å². The lowest BCUT2D eigenvalue weighted by Gasteiger charge is -2.38. The fourth-order valence-corrected chi connectivity index (χ4v) is 2.92. The molecule has 7 heteroatoms. The van der Waals surface area contributed by atoms with Crippen LogP contribution in [0.1, 0.15) is 24.1 Å². The third-order valence-corrected chi connectivity index (χ3v) is 4.21. The molecule has 128 valence electrons. The second-order valence-corrected chi connectivity index (χ2v) is 6.08. The first-order chi connectivity index (χ1) is 11.6. The number of likely N-dealkylation sites (tertiary alicyclic amines) is 1. The monoisotopic (exact) mass is 333 g/mol. The quantitative estimate of drug-likeness (QED) is 0.837. The summed E-state index contributed by atoms with van der Waals surface area (Å²) in [6, 6.07) is 7.77. The summed E-state index contributed by atoms with van der Waals surface area (Å²) in [6.07, 6.45) is 2.61. The second kappa shape index (κ2) is 7.11. The Balaban J connectivity index is 1.59. The molecule has 0 saturated carbocycles. The number of nitrogens with one attached hydrogen (secondary N) is 1. The number of rotatable bonds is 6. The van der Waals surface area contributed by atoms with E-state index in [1.807, 2.05) is 0 Å². The number of aromatic nitrogens is 1. The molecule has 1 aromatic carbocycles. The molecule has 1 aliphatic heterocycles. The van der Waals surface area contributed by atoms with Crippen LogP contribution in [0.5, 0.6) is 0 Å². The summed E-state index contributed by atoms with van der Waals surface area (Å²) >= 11 is 0. The maximum absolute atomic E-state index is 13.0. The van der Waals surface area contributed by atoms with Crippen molar-refractivity contribution in [1.29, 1.82) is 0 Å². The fraction of sp³-hybridized carbons (Fsp3) is 0.412. The van der Waals surface area contributed by atoms with E-state index in [0.29, 0.717) is 31.7 Å². The van der Waals surface area contributed by atoms with Gasteiger partial charge in [0, 0.05) is 32.2 Å². The van der Waals surface area contributed by atoms with Crippen LogP contribution < -0.4 is 5.32 Å². The molecule has 1 aliphatic rings. The van der Waals surface area contributed by atoms with Crippen molar-refractivity contribution >= 4 is 5.91 Å². The Morgan fingerprint density at radius 2 is 2.12 bits per heavy atom. The molecule has 1 amide bonds. The standard InChI is InChI=1S/C17H20FN3O3/c18-14-4-2-13(3-5-14)11-21-8-1-7-17(23,16(21)22)12-19-10-15-6-9-24-20-15/h2-6,9,19,23H,1,7-8,10-12H2/t17-/m0/s1. The number of carbonyl (C=O) groups excluding carboxylic acids is 1. The Hall–Kier alpha value is -2.25. The van der Waals surface area contributed by atoms with Crippen LogP contribution in [0.25, 0.3) is 0 Å². The van der Waals surface area contributed by atoms with E-state index in [4.69, 9.17) is 4.52 Å². The third-order valence-electron chi connectivity index (χ3n) is 4.21. The predicted octanol–water partition coefficient (Wildman–Crippen LogP) is 1.46. The molecule has 3 rings (SSSR count). The summed E-state index contributed by atoms with van der Waals surface area (Å²) in [4.78, 5) is 14.3.